The topological polar surface area (TPSA) is 146 Å². The van der Waals surface area contributed by atoms with Crippen molar-refractivity contribution in [3.63, 3.8) is 0 Å². The Balaban J connectivity index is 1.61. The van der Waals surface area contributed by atoms with Gasteiger partial charge in [0.2, 0.25) is 0 Å². The summed E-state index contributed by atoms with van der Waals surface area (Å²) >= 11 is 0. The number of aromatic nitrogens is 4. The zero-order valence-electron chi connectivity index (χ0n) is 14.2. The predicted molar refractivity (Wildman–Crippen MR) is 93.8 cm³/mol. The summed E-state index contributed by atoms with van der Waals surface area (Å²) in [6, 6.07) is 6.95. The second kappa shape index (κ2) is 7.08. The number of benzene rings is 1. The first-order valence-electron chi connectivity index (χ1n) is 8.41. The minimum absolute atomic E-state index is 0.173. The molecule has 0 saturated carbocycles. The molecular weight excluding hydrogens is 354 g/mol. The quantitative estimate of drug-likeness (QED) is 0.409. The molecular formula is C17H19N5O5. The van der Waals surface area contributed by atoms with Crippen LogP contribution in [0.15, 0.2) is 36.9 Å². The van der Waals surface area contributed by atoms with Gasteiger partial charge in [-0.15, -0.1) is 0 Å². The first-order chi connectivity index (χ1) is 13.1. The van der Waals surface area contributed by atoms with Crippen molar-refractivity contribution in [1.82, 2.24) is 19.5 Å². The van der Waals surface area contributed by atoms with Gasteiger partial charge in [-0.1, -0.05) is 18.2 Å². The molecule has 0 aliphatic carbocycles. The van der Waals surface area contributed by atoms with Crippen LogP contribution in [0.5, 0.6) is 5.75 Å². The number of para-hydroxylation sites is 1. The van der Waals surface area contributed by atoms with Crippen molar-refractivity contribution in [2.75, 3.05) is 11.9 Å². The van der Waals surface area contributed by atoms with Gasteiger partial charge < -0.3 is 30.5 Å². The lowest BCUT2D eigenvalue weighted by Crippen LogP contribution is -2.33. The van der Waals surface area contributed by atoms with Gasteiger partial charge in [0.15, 0.2) is 23.2 Å². The zero-order valence-corrected chi connectivity index (χ0v) is 14.2. The Morgan fingerprint density at radius 2 is 1.93 bits per heavy atom. The van der Waals surface area contributed by atoms with Gasteiger partial charge in [-0.2, -0.15) is 0 Å². The summed E-state index contributed by atoms with van der Waals surface area (Å²) in [7, 11) is 0. The number of rotatable bonds is 5. The molecule has 10 nitrogen and oxygen atoms in total. The van der Waals surface area contributed by atoms with Gasteiger partial charge in [0.1, 0.15) is 30.4 Å². The minimum Gasteiger partial charge on any atom is -0.508 e. The number of hydrogen-bond acceptors (Lipinski definition) is 9. The number of phenolic OH excluding ortho intramolecular Hbond substituents is 1. The molecule has 4 rings (SSSR count). The summed E-state index contributed by atoms with van der Waals surface area (Å²) in [4.78, 5) is 12.7. The van der Waals surface area contributed by atoms with Crippen LogP contribution in [0.4, 0.5) is 5.82 Å². The molecule has 0 amide bonds. The predicted octanol–water partition coefficient (Wildman–Crippen LogP) is -0.245. The maximum atomic E-state index is 10.2. The van der Waals surface area contributed by atoms with Crippen LogP contribution in [0.2, 0.25) is 0 Å². The number of aliphatic hydroxyl groups is 3. The molecule has 0 bridgehead atoms. The number of nitrogens with one attached hydrogen (secondary N) is 1. The van der Waals surface area contributed by atoms with Crippen LogP contribution >= 0.6 is 0 Å². The second-order valence-corrected chi connectivity index (χ2v) is 6.26. The average molecular weight is 373 g/mol. The SMILES string of the molecule is OC[C@H]1O[C@@H](n2cnc3c(NCc4ccccc4O)ncnc32)C(O)[C@H]1O. The molecule has 10 heteroatoms. The van der Waals surface area contributed by atoms with Crippen molar-refractivity contribution in [2.45, 2.75) is 31.1 Å². The van der Waals surface area contributed by atoms with E-state index in [0.717, 1.165) is 0 Å². The van der Waals surface area contributed by atoms with Crippen LogP contribution < -0.4 is 5.32 Å². The summed E-state index contributed by atoms with van der Waals surface area (Å²) in [5, 5.41) is 42.4. The Hall–Kier alpha value is -2.79. The van der Waals surface area contributed by atoms with Gasteiger partial charge in [0.25, 0.3) is 0 Å². The Labute approximate surface area is 153 Å². The number of aromatic hydroxyl groups is 1. The molecule has 1 saturated heterocycles. The molecule has 4 atom stereocenters. The van der Waals surface area contributed by atoms with Crippen LogP contribution in [0, 0.1) is 0 Å². The number of hydrogen-bond donors (Lipinski definition) is 5. The highest BCUT2D eigenvalue weighted by atomic mass is 16.6. The lowest BCUT2D eigenvalue weighted by molar-refractivity contribution is -0.0511. The fourth-order valence-corrected chi connectivity index (χ4v) is 3.12. The van der Waals surface area contributed by atoms with Gasteiger partial charge >= 0.3 is 0 Å². The maximum absolute atomic E-state index is 10.2. The number of phenols is 1. The Morgan fingerprint density at radius 3 is 2.67 bits per heavy atom. The third-order valence-electron chi connectivity index (χ3n) is 4.59. The number of fused-ring (bicyclic) bond motifs is 1. The molecule has 1 unspecified atom stereocenters. The smallest absolute Gasteiger partial charge is 0.167 e. The van der Waals surface area contributed by atoms with Crippen molar-refractivity contribution in [3.05, 3.63) is 42.5 Å². The van der Waals surface area contributed by atoms with E-state index in [-0.39, 0.29) is 5.75 Å². The maximum Gasteiger partial charge on any atom is 0.167 e. The molecule has 3 heterocycles. The highest BCUT2D eigenvalue weighted by Gasteiger charge is 2.44. The first kappa shape index (κ1) is 17.6. The largest absolute Gasteiger partial charge is 0.508 e. The number of imidazole rings is 1. The summed E-state index contributed by atoms with van der Waals surface area (Å²) in [5.41, 5.74) is 1.55. The Morgan fingerprint density at radius 1 is 1.11 bits per heavy atom. The number of aliphatic hydroxyl groups excluding tert-OH is 3. The van der Waals surface area contributed by atoms with Crippen LogP contribution in [-0.4, -0.2) is 64.9 Å². The van der Waals surface area contributed by atoms with E-state index >= 15 is 0 Å². The van der Waals surface area contributed by atoms with E-state index < -0.39 is 31.1 Å². The highest BCUT2D eigenvalue weighted by Crippen LogP contribution is 2.32. The molecule has 142 valence electrons. The van der Waals surface area contributed by atoms with Crippen molar-refractivity contribution < 1.29 is 25.2 Å². The molecule has 1 fully saturated rings. The molecule has 2 aromatic heterocycles. The van der Waals surface area contributed by atoms with E-state index in [4.69, 9.17) is 4.74 Å². The van der Waals surface area contributed by atoms with E-state index in [1.807, 2.05) is 6.07 Å². The Bertz CT molecular complexity index is 948. The third kappa shape index (κ3) is 3.08. The standard InChI is InChI=1S/C17H19N5O5/c23-6-11-13(25)14(26)17(27-11)22-8-21-12-15(19-7-20-16(12)22)18-5-9-3-1-2-4-10(9)24/h1-4,7-8,11,13-14,17,23-26H,5-6H2,(H,18,19,20)/t11-,13+,14?,17-/m1/s1. The van der Waals surface area contributed by atoms with Crippen LogP contribution in [0.1, 0.15) is 11.8 Å². The van der Waals surface area contributed by atoms with E-state index in [9.17, 15) is 20.4 Å². The fraction of sp³-hybridized carbons (Fsp3) is 0.353. The summed E-state index contributed by atoms with van der Waals surface area (Å²) in [5.74, 6) is 0.626. The lowest BCUT2D eigenvalue weighted by atomic mass is 10.1. The molecule has 1 aliphatic heterocycles. The van der Waals surface area contributed by atoms with Crippen LogP contribution in [-0.2, 0) is 11.3 Å². The summed E-state index contributed by atoms with van der Waals surface area (Å²) in [6.45, 7) is -0.0801. The van der Waals surface area contributed by atoms with Gasteiger partial charge in [0.05, 0.1) is 12.9 Å². The van der Waals surface area contributed by atoms with E-state index in [1.165, 1.54) is 17.2 Å². The van der Waals surface area contributed by atoms with Gasteiger partial charge in [-0.3, -0.25) is 4.57 Å². The summed E-state index contributed by atoms with van der Waals surface area (Å²) in [6.07, 6.45) is -1.48. The van der Waals surface area contributed by atoms with Crippen molar-refractivity contribution in [2.24, 2.45) is 0 Å². The zero-order chi connectivity index (χ0) is 19.0. The Kier molecular flexibility index (Phi) is 4.62. The van der Waals surface area contributed by atoms with Crippen molar-refractivity contribution in [1.29, 1.82) is 0 Å². The van der Waals surface area contributed by atoms with Crippen molar-refractivity contribution >= 4 is 17.0 Å². The lowest BCUT2D eigenvalue weighted by Gasteiger charge is -2.16. The monoisotopic (exact) mass is 373 g/mol. The third-order valence-corrected chi connectivity index (χ3v) is 4.59. The van der Waals surface area contributed by atoms with E-state index in [1.54, 1.807) is 18.2 Å². The molecule has 3 aromatic rings. The molecule has 1 aromatic carbocycles. The van der Waals surface area contributed by atoms with E-state index in [2.05, 4.69) is 20.3 Å². The fourth-order valence-electron chi connectivity index (χ4n) is 3.12. The highest BCUT2D eigenvalue weighted by molar-refractivity contribution is 5.82. The number of ether oxygens (including phenoxy) is 1. The first-order valence-corrected chi connectivity index (χ1v) is 8.41. The average Bonchev–Trinajstić information content (AvgIpc) is 3.23. The molecule has 1 aliphatic rings. The molecule has 0 radical (unpaired) electrons. The number of nitrogens with zero attached hydrogens (tertiary/aromatic N) is 4. The minimum atomic E-state index is -1.23. The second-order valence-electron chi connectivity index (χ2n) is 6.26. The van der Waals surface area contributed by atoms with Crippen LogP contribution in [0.25, 0.3) is 11.2 Å². The molecule has 0 spiro atoms. The number of anilines is 1. The normalized spacial score (nSPS) is 25.1. The van der Waals surface area contributed by atoms with E-state index in [0.29, 0.717) is 29.1 Å². The summed E-state index contributed by atoms with van der Waals surface area (Å²) < 4.78 is 7.02. The van der Waals surface area contributed by atoms with Gasteiger partial charge in [0, 0.05) is 12.1 Å². The molecule has 27 heavy (non-hydrogen) atoms. The molecule has 5 N–H and O–H groups in total. The van der Waals surface area contributed by atoms with Crippen LogP contribution in [0.3, 0.4) is 0 Å². The van der Waals surface area contributed by atoms with Crippen molar-refractivity contribution in [3.8, 4) is 5.75 Å². The van der Waals surface area contributed by atoms with Gasteiger partial charge in [-0.05, 0) is 6.07 Å². The van der Waals surface area contributed by atoms with Gasteiger partial charge in [-0.25, -0.2) is 15.0 Å².